The average Bonchev–Trinajstić information content (AvgIpc) is 1.99. The Morgan fingerprint density at radius 3 is 2.75 bits per heavy atom. The van der Waals surface area contributed by atoms with E-state index in [-0.39, 0.29) is 6.61 Å². The molecule has 0 saturated carbocycles. The molecule has 0 aliphatic rings. The van der Waals surface area contributed by atoms with Crippen molar-refractivity contribution in [3.8, 4) is 11.8 Å². The first-order valence-corrected chi connectivity index (χ1v) is 4.45. The lowest BCUT2D eigenvalue weighted by molar-refractivity contribution is 0.350. The van der Waals surface area contributed by atoms with Gasteiger partial charge in [0.05, 0.1) is 0 Å². The van der Waals surface area contributed by atoms with Crippen molar-refractivity contribution in [1.82, 2.24) is 0 Å². The highest BCUT2D eigenvalue weighted by Gasteiger charge is 1.93. The van der Waals surface area contributed by atoms with Gasteiger partial charge in [0, 0.05) is 15.1 Å². The number of hydrogen-bond donors (Lipinski definition) is 1. The molecule has 3 heteroatoms. The molecular weight excluding hydrogens is 239 g/mol. The summed E-state index contributed by atoms with van der Waals surface area (Å²) in [6.07, 6.45) is 0. The van der Waals surface area contributed by atoms with Crippen LogP contribution in [0.1, 0.15) is 5.56 Å². The highest BCUT2D eigenvalue weighted by molar-refractivity contribution is 9.10. The van der Waals surface area contributed by atoms with Gasteiger partial charge in [-0.15, -0.1) is 0 Å². The van der Waals surface area contributed by atoms with Crippen molar-refractivity contribution >= 4 is 27.5 Å². The van der Waals surface area contributed by atoms with E-state index in [0.717, 1.165) is 10.0 Å². The van der Waals surface area contributed by atoms with E-state index in [4.69, 9.17) is 16.7 Å². The minimum atomic E-state index is -0.135. The Hall–Kier alpha value is -0.490. The van der Waals surface area contributed by atoms with E-state index in [9.17, 15) is 0 Å². The van der Waals surface area contributed by atoms with Crippen LogP contribution in [-0.4, -0.2) is 11.7 Å². The van der Waals surface area contributed by atoms with Gasteiger partial charge >= 0.3 is 0 Å². The normalized spacial score (nSPS) is 8.92. The minimum absolute atomic E-state index is 0.135. The lowest BCUT2D eigenvalue weighted by Crippen LogP contribution is -1.77. The Morgan fingerprint density at radius 1 is 1.42 bits per heavy atom. The molecule has 0 unspecified atom stereocenters. The van der Waals surface area contributed by atoms with Gasteiger partial charge in [-0.3, -0.25) is 0 Å². The number of halogens is 2. The molecule has 1 nitrogen and oxygen atoms in total. The van der Waals surface area contributed by atoms with Gasteiger partial charge in [0.25, 0.3) is 0 Å². The summed E-state index contributed by atoms with van der Waals surface area (Å²) >= 11 is 9.06. The fourth-order valence-corrected chi connectivity index (χ4v) is 1.63. The van der Waals surface area contributed by atoms with E-state index in [1.54, 1.807) is 12.1 Å². The summed E-state index contributed by atoms with van der Waals surface area (Å²) in [4.78, 5) is 0. The third kappa shape index (κ3) is 2.86. The summed E-state index contributed by atoms with van der Waals surface area (Å²) in [5.41, 5.74) is 0.795. The van der Waals surface area contributed by atoms with Gasteiger partial charge in [-0.2, -0.15) is 0 Å². The van der Waals surface area contributed by atoms with Crippen molar-refractivity contribution in [3.63, 3.8) is 0 Å². The molecule has 1 N–H and O–H groups in total. The average molecular weight is 246 g/mol. The predicted octanol–water partition coefficient (Wildman–Crippen LogP) is 2.45. The molecule has 0 atom stereocenters. The van der Waals surface area contributed by atoms with Crippen LogP contribution in [0, 0.1) is 11.8 Å². The molecule has 1 aromatic carbocycles. The molecule has 0 aliphatic carbocycles. The number of aliphatic hydroxyl groups is 1. The van der Waals surface area contributed by atoms with Crippen molar-refractivity contribution in [1.29, 1.82) is 0 Å². The van der Waals surface area contributed by atoms with Crippen LogP contribution in [0.25, 0.3) is 0 Å². The van der Waals surface area contributed by atoms with E-state index < -0.39 is 0 Å². The Balaban J connectivity index is 3.01. The molecule has 0 aliphatic heterocycles. The zero-order valence-corrected chi connectivity index (χ0v) is 8.48. The van der Waals surface area contributed by atoms with Crippen LogP contribution in [0.3, 0.4) is 0 Å². The van der Waals surface area contributed by atoms with E-state index in [2.05, 4.69) is 27.8 Å². The largest absolute Gasteiger partial charge is 0.384 e. The minimum Gasteiger partial charge on any atom is -0.384 e. The molecule has 0 amide bonds. The molecule has 1 aromatic rings. The lowest BCUT2D eigenvalue weighted by atomic mass is 10.2. The van der Waals surface area contributed by atoms with Crippen LogP contribution in [0.2, 0.25) is 5.02 Å². The molecule has 0 spiro atoms. The molecule has 0 radical (unpaired) electrons. The smallest absolute Gasteiger partial charge is 0.104 e. The molecule has 62 valence electrons. The SMILES string of the molecule is OCC#Cc1cc(Cl)cc(Br)c1. The zero-order chi connectivity index (χ0) is 8.97. The summed E-state index contributed by atoms with van der Waals surface area (Å²) in [6, 6.07) is 5.37. The number of hydrogen-bond acceptors (Lipinski definition) is 1. The Kier molecular flexibility index (Phi) is 3.61. The van der Waals surface area contributed by atoms with Crippen LogP contribution >= 0.6 is 27.5 Å². The topological polar surface area (TPSA) is 20.2 Å². The second-order valence-corrected chi connectivity index (χ2v) is 3.47. The first-order chi connectivity index (χ1) is 5.72. The molecule has 0 bridgehead atoms. The highest BCUT2D eigenvalue weighted by Crippen LogP contribution is 2.18. The Bertz CT molecular complexity index is 318. The van der Waals surface area contributed by atoms with Gasteiger partial charge in [-0.25, -0.2) is 0 Å². The molecule has 0 saturated heterocycles. The lowest BCUT2D eigenvalue weighted by Gasteiger charge is -1.94. The number of rotatable bonds is 0. The van der Waals surface area contributed by atoms with Crippen LogP contribution < -0.4 is 0 Å². The number of aliphatic hydroxyl groups excluding tert-OH is 1. The van der Waals surface area contributed by atoms with Crippen molar-refractivity contribution in [3.05, 3.63) is 33.3 Å². The third-order valence-electron chi connectivity index (χ3n) is 1.17. The summed E-state index contributed by atoms with van der Waals surface area (Å²) in [5.74, 6) is 5.31. The first kappa shape index (κ1) is 9.60. The summed E-state index contributed by atoms with van der Waals surface area (Å²) in [7, 11) is 0. The molecule has 0 heterocycles. The van der Waals surface area contributed by atoms with Crippen molar-refractivity contribution in [2.24, 2.45) is 0 Å². The van der Waals surface area contributed by atoms with Gasteiger partial charge in [-0.05, 0) is 18.2 Å². The van der Waals surface area contributed by atoms with Crippen molar-refractivity contribution < 1.29 is 5.11 Å². The van der Waals surface area contributed by atoms with Crippen LogP contribution in [0.4, 0.5) is 0 Å². The second kappa shape index (κ2) is 4.51. The number of benzene rings is 1. The van der Waals surface area contributed by atoms with Crippen LogP contribution in [0.5, 0.6) is 0 Å². The molecular formula is C9H6BrClO. The van der Waals surface area contributed by atoms with E-state index >= 15 is 0 Å². The molecule has 1 rings (SSSR count). The fourth-order valence-electron chi connectivity index (χ4n) is 0.768. The quantitative estimate of drug-likeness (QED) is 0.696. The summed E-state index contributed by atoms with van der Waals surface area (Å²) in [6.45, 7) is -0.135. The highest BCUT2D eigenvalue weighted by atomic mass is 79.9. The van der Waals surface area contributed by atoms with E-state index in [1.165, 1.54) is 0 Å². The Labute approximate surface area is 84.5 Å². The van der Waals surface area contributed by atoms with Crippen LogP contribution in [-0.2, 0) is 0 Å². The summed E-state index contributed by atoms with van der Waals surface area (Å²) < 4.78 is 0.886. The fraction of sp³-hybridized carbons (Fsp3) is 0.111. The van der Waals surface area contributed by atoms with Gasteiger partial charge in [0.15, 0.2) is 0 Å². The van der Waals surface area contributed by atoms with E-state index in [0.29, 0.717) is 5.02 Å². The van der Waals surface area contributed by atoms with Gasteiger partial charge in [0.1, 0.15) is 6.61 Å². The maximum atomic E-state index is 8.45. The van der Waals surface area contributed by atoms with E-state index in [1.807, 2.05) is 6.07 Å². The molecule has 0 aromatic heterocycles. The second-order valence-electron chi connectivity index (χ2n) is 2.12. The molecule has 12 heavy (non-hydrogen) atoms. The standard InChI is InChI=1S/C9H6BrClO/c10-8-4-7(2-1-3-12)5-9(11)6-8/h4-6,12H,3H2. The van der Waals surface area contributed by atoms with Crippen molar-refractivity contribution in [2.75, 3.05) is 6.61 Å². The Morgan fingerprint density at radius 2 is 2.17 bits per heavy atom. The van der Waals surface area contributed by atoms with Gasteiger partial charge in [-0.1, -0.05) is 39.4 Å². The van der Waals surface area contributed by atoms with Crippen LogP contribution in [0.15, 0.2) is 22.7 Å². The van der Waals surface area contributed by atoms with Gasteiger partial charge in [0.2, 0.25) is 0 Å². The monoisotopic (exact) mass is 244 g/mol. The summed E-state index contributed by atoms with van der Waals surface area (Å²) in [5, 5.41) is 9.08. The maximum Gasteiger partial charge on any atom is 0.104 e. The predicted molar refractivity (Wildman–Crippen MR) is 53.1 cm³/mol. The van der Waals surface area contributed by atoms with Crippen molar-refractivity contribution in [2.45, 2.75) is 0 Å². The zero-order valence-electron chi connectivity index (χ0n) is 6.14. The maximum absolute atomic E-state index is 8.45. The first-order valence-electron chi connectivity index (χ1n) is 3.28. The molecule has 0 fully saturated rings. The van der Waals surface area contributed by atoms with Gasteiger partial charge < -0.3 is 5.11 Å². The third-order valence-corrected chi connectivity index (χ3v) is 1.85.